The number of hydrogen-bond acceptors (Lipinski definition) is 7. The first-order valence-electron chi connectivity index (χ1n) is 8.02. The van der Waals surface area contributed by atoms with Gasteiger partial charge < -0.3 is 24.1 Å². The largest absolute Gasteiger partial charge is 0.465 e. The van der Waals surface area contributed by atoms with Gasteiger partial charge in [-0.2, -0.15) is 4.98 Å². The summed E-state index contributed by atoms with van der Waals surface area (Å²) in [5, 5.41) is 9.19. The maximum atomic E-state index is 11.4. The predicted octanol–water partition coefficient (Wildman–Crippen LogP) is 2.25. The van der Waals surface area contributed by atoms with Crippen LogP contribution in [0.15, 0.2) is 16.6 Å². The summed E-state index contributed by atoms with van der Waals surface area (Å²) >= 11 is 6.13. The highest BCUT2D eigenvalue weighted by Crippen LogP contribution is 2.26. The number of pyridine rings is 1. The third-order valence-electron chi connectivity index (χ3n) is 3.86. The van der Waals surface area contributed by atoms with Gasteiger partial charge in [-0.05, 0) is 19.1 Å². The van der Waals surface area contributed by atoms with Crippen molar-refractivity contribution in [2.45, 2.75) is 6.92 Å². The van der Waals surface area contributed by atoms with Gasteiger partial charge in [-0.3, -0.25) is 0 Å². The third kappa shape index (κ3) is 3.88. The summed E-state index contributed by atoms with van der Waals surface area (Å²) in [6.07, 6.45) is 1.83. The molecule has 1 amide bonds. The summed E-state index contributed by atoms with van der Waals surface area (Å²) in [6, 6.07) is 2.00. The van der Waals surface area contributed by atoms with Gasteiger partial charge in [-0.1, -0.05) is 11.6 Å². The Bertz CT molecular complexity index is 858. The van der Waals surface area contributed by atoms with Crippen LogP contribution in [-0.4, -0.2) is 64.8 Å². The van der Waals surface area contributed by atoms with Gasteiger partial charge in [0.05, 0.1) is 6.61 Å². The molecule has 3 heterocycles. The Labute approximate surface area is 153 Å². The molecule has 1 saturated heterocycles. The average Bonchev–Trinajstić information content (AvgIpc) is 3.02. The van der Waals surface area contributed by atoms with E-state index in [1.165, 1.54) is 17.1 Å². The predicted molar refractivity (Wildman–Crippen MR) is 94.3 cm³/mol. The fraction of sp³-hybridized carbons (Fsp3) is 0.375. The quantitative estimate of drug-likeness (QED) is 0.488. The normalized spacial score (nSPS) is 15.0. The van der Waals surface area contributed by atoms with Crippen molar-refractivity contribution >= 4 is 47.0 Å². The van der Waals surface area contributed by atoms with Crippen LogP contribution in [0.25, 0.3) is 17.3 Å². The molecule has 3 rings (SSSR count). The van der Waals surface area contributed by atoms with Gasteiger partial charge in [0.25, 0.3) is 6.01 Å². The molecule has 1 fully saturated rings. The van der Waals surface area contributed by atoms with E-state index >= 15 is 0 Å². The van der Waals surface area contributed by atoms with Gasteiger partial charge in [-0.15, -0.1) is 0 Å². The minimum atomic E-state index is -0.936. The molecule has 1 aliphatic rings. The molecule has 0 unspecified atom stereocenters. The number of hydrogen-bond donors (Lipinski definition) is 1. The van der Waals surface area contributed by atoms with Crippen LogP contribution in [0.4, 0.5) is 10.8 Å². The van der Waals surface area contributed by atoms with Crippen LogP contribution < -0.4 is 4.90 Å². The lowest BCUT2D eigenvalue weighted by atomic mass is 10.2. The molecule has 0 radical (unpaired) electrons. The van der Waals surface area contributed by atoms with Crippen molar-refractivity contribution in [3.05, 3.63) is 22.9 Å². The summed E-state index contributed by atoms with van der Waals surface area (Å²) in [6.45, 7) is 3.70. The van der Waals surface area contributed by atoms with Crippen LogP contribution in [0, 0.1) is 0 Å². The highest BCUT2D eigenvalue weighted by Gasteiger charge is 2.24. The Morgan fingerprint density at radius 2 is 2.08 bits per heavy atom. The third-order valence-corrected chi connectivity index (χ3v) is 4.16. The number of aromatic nitrogens is 2. The molecule has 138 valence electrons. The summed E-state index contributed by atoms with van der Waals surface area (Å²) in [7, 11) is 0. The highest BCUT2D eigenvalue weighted by atomic mass is 35.5. The average molecular weight is 381 g/mol. The Morgan fingerprint density at radius 1 is 1.35 bits per heavy atom. The first kappa shape index (κ1) is 18.0. The second kappa shape index (κ2) is 7.61. The number of halogens is 1. The molecule has 0 aliphatic carbocycles. The zero-order valence-electron chi connectivity index (χ0n) is 14.0. The monoisotopic (exact) mass is 380 g/mol. The van der Waals surface area contributed by atoms with Gasteiger partial charge in [0.15, 0.2) is 5.58 Å². The fourth-order valence-electron chi connectivity index (χ4n) is 2.53. The molecule has 0 bridgehead atoms. The van der Waals surface area contributed by atoms with Crippen molar-refractivity contribution in [3.8, 4) is 0 Å². The van der Waals surface area contributed by atoms with Crippen LogP contribution in [-0.2, 0) is 9.53 Å². The second-order valence-corrected chi connectivity index (χ2v) is 5.89. The Balaban J connectivity index is 1.79. The van der Waals surface area contributed by atoms with Gasteiger partial charge in [0.2, 0.25) is 5.65 Å². The molecule has 0 spiro atoms. The van der Waals surface area contributed by atoms with E-state index in [0.29, 0.717) is 49.0 Å². The van der Waals surface area contributed by atoms with E-state index in [9.17, 15) is 9.59 Å². The minimum absolute atomic E-state index is 0.189. The lowest BCUT2D eigenvalue weighted by molar-refractivity contribution is -0.137. The summed E-state index contributed by atoms with van der Waals surface area (Å²) < 4.78 is 10.6. The van der Waals surface area contributed by atoms with Crippen molar-refractivity contribution in [2.75, 3.05) is 37.7 Å². The number of carbonyl (C=O) groups is 2. The summed E-state index contributed by atoms with van der Waals surface area (Å²) in [5.41, 5.74) is 1.28. The Hall–Kier alpha value is -2.81. The van der Waals surface area contributed by atoms with E-state index in [2.05, 4.69) is 9.97 Å². The number of carboxylic acid groups (broad SMARTS) is 1. The number of oxazole rings is 1. The number of nitrogens with zero attached hydrogens (tertiary/aromatic N) is 4. The highest BCUT2D eigenvalue weighted by molar-refractivity contribution is 6.31. The number of anilines is 1. The van der Waals surface area contributed by atoms with Crippen molar-refractivity contribution in [1.82, 2.24) is 14.9 Å². The van der Waals surface area contributed by atoms with Gasteiger partial charge >= 0.3 is 12.1 Å². The van der Waals surface area contributed by atoms with Crippen LogP contribution >= 0.6 is 11.6 Å². The first-order valence-corrected chi connectivity index (χ1v) is 8.40. The number of amides is 1. The van der Waals surface area contributed by atoms with Gasteiger partial charge in [0, 0.05) is 37.8 Å². The summed E-state index contributed by atoms with van der Waals surface area (Å²) in [4.78, 5) is 34.1. The Kier molecular flexibility index (Phi) is 5.27. The van der Waals surface area contributed by atoms with Crippen LogP contribution in [0.1, 0.15) is 12.5 Å². The number of rotatable bonds is 4. The number of carbonyl (C=O) groups excluding carboxylic acids is 1. The molecule has 1 aliphatic heterocycles. The molecule has 0 saturated carbocycles. The zero-order chi connectivity index (χ0) is 18.7. The molecule has 2 aromatic heterocycles. The number of ether oxygens (including phenoxy) is 1. The molecule has 0 atom stereocenters. The zero-order valence-corrected chi connectivity index (χ0v) is 14.8. The second-order valence-electron chi connectivity index (χ2n) is 5.53. The van der Waals surface area contributed by atoms with Gasteiger partial charge in [-0.25, -0.2) is 14.6 Å². The van der Waals surface area contributed by atoms with Crippen molar-refractivity contribution < 1.29 is 23.8 Å². The molecule has 1 N–H and O–H groups in total. The molecular weight excluding hydrogens is 364 g/mol. The fourth-order valence-corrected chi connectivity index (χ4v) is 2.73. The number of esters is 1. The molecule has 0 aromatic carbocycles. The molecular formula is C16H17ClN4O5. The van der Waals surface area contributed by atoms with Crippen molar-refractivity contribution in [3.63, 3.8) is 0 Å². The standard InChI is InChI=1S/C16H17ClN4O5/c1-2-25-12(22)4-3-10-9-11-14(18-13(10)17)19-15(26-11)20-5-7-21(8-6-20)16(23)24/h3-4,9H,2,5-8H2,1H3,(H,23,24). The molecule has 10 heteroatoms. The molecule has 2 aromatic rings. The van der Waals surface area contributed by atoms with E-state index in [4.69, 9.17) is 25.9 Å². The lowest BCUT2D eigenvalue weighted by Crippen LogP contribution is -2.48. The smallest absolute Gasteiger partial charge is 0.407 e. The Morgan fingerprint density at radius 3 is 2.73 bits per heavy atom. The van der Waals surface area contributed by atoms with E-state index in [1.54, 1.807) is 13.0 Å². The van der Waals surface area contributed by atoms with Crippen LogP contribution in [0.2, 0.25) is 5.15 Å². The van der Waals surface area contributed by atoms with Crippen LogP contribution in [0.5, 0.6) is 0 Å². The minimum Gasteiger partial charge on any atom is -0.465 e. The van der Waals surface area contributed by atoms with E-state index < -0.39 is 12.1 Å². The number of fused-ring (bicyclic) bond motifs is 1. The van der Waals surface area contributed by atoms with E-state index in [-0.39, 0.29) is 11.8 Å². The van der Waals surface area contributed by atoms with Crippen molar-refractivity contribution in [2.24, 2.45) is 0 Å². The summed E-state index contributed by atoms with van der Waals surface area (Å²) in [5.74, 6) is -0.474. The van der Waals surface area contributed by atoms with Crippen LogP contribution in [0.3, 0.4) is 0 Å². The van der Waals surface area contributed by atoms with Crippen molar-refractivity contribution in [1.29, 1.82) is 0 Å². The van der Waals surface area contributed by atoms with E-state index in [1.807, 2.05) is 4.90 Å². The van der Waals surface area contributed by atoms with Gasteiger partial charge in [0.1, 0.15) is 5.15 Å². The maximum absolute atomic E-state index is 11.4. The SMILES string of the molecule is CCOC(=O)C=Cc1cc2oc(N3CCN(C(=O)O)CC3)nc2nc1Cl. The first-order chi connectivity index (χ1) is 12.5. The van der Waals surface area contributed by atoms with E-state index in [0.717, 1.165) is 0 Å². The molecule has 26 heavy (non-hydrogen) atoms. The number of piperazine rings is 1. The topological polar surface area (TPSA) is 109 Å². The molecule has 9 nitrogen and oxygen atoms in total. The maximum Gasteiger partial charge on any atom is 0.407 e. The lowest BCUT2D eigenvalue weighted by Gasteiger charge is -2.31.